The second-order valence-corrected chi connectivity index (χ2v) is 22.8. The largest absolute Gasteiger partial charge is 0.466 e. The van der Waals surface area contributed by atoms with Gasteiger partial charge in [-0.3, -0.25) is 9.59 Å². The van der Waals surface area contributed by atoms with E-state index in [4.69, 9.17) is 4.74 Å². The monoisotopic (exact) mass is 1040 g/mol. The molecule has 0 saturated carbocycles. The van der Waals surface area contributed by atoms with Crippen molar-refractivity contribution in [1.29, 1.82) is 0 Å². The van der Waals surface area contributed by atoms with Crippen LogP contribution in [0.4, 0.5) is 0 Å². The minimum atomic E-state index is -0.662. The molecular weight excluding hydrogens is 911 g/mol. The molecule has 74 heavy (non-hydrogen) atoms. The molecule has 3 N–H and O–H groups in total. The van der Waals surface area contributed by atoms with E-state index in [9.17, 15) is 19.8 Å². The Hall–Kier alpha value is -1.92. The van der Waals surface area contributed by atoms with Gasteiger partial charge in [0, 0.05) is 12.8 Å². The standard InChI is InChI=1S/C68H129NO5/c1-3-5-7-9-11-13-15-16-34-38-42-46-50-54-58-62-68(73)74-63-59-55-51-47-43-39-36-33-31-29-27-25-23-21-19-17-18-20-22-24-26-28-30-32-35-37-41-45-49-53-57-61-67(72)69-65(64-70)66(71)60-56-52-48-44-40-14-12-10-8-6-4-2/h16,19,21,25,27,34,65-66,70-71H,3-15,17-18,20,22-24,26,28-33,35-64H2,1-2H3,(H,69,72)/b21-19-,27-25-,34-16-. The number of unbranched alkanes of at least 4 members (excludes halogenated alkanes) is 45. The zero-order valence-corrected chi connectivity index (χ0v) is 49.8. The molecule has 0 aliphatic heterocycles. The lowest BCUT2D eigenvalue weighted by Crippen LogP contribution is -2.45. The molecule has 0 fully saturated rings. The highest BCUT2D eigenvalue weighted by atomic mass is 16.5. The van der Waals surface area contributed by atoms with Crippen molar-refractivity contribution in [3.8, 4) is 0 Å². The van der Waals surface area contributed by atoms with Gasteiger partial charge in [0.05, 0.1) is 25.4 Å². The van der Waals surface area contributed by atoms with E-state index in [1.807, 2.05) is 0 Å². The van der Waals surface area contributed by atoms with Crippen LogP contribution in [-0.2, 0) is 14.3 Å². The predicted octanol–water partition coefficient (Wildman–Crippen LogP) is 21.1. The van der Waals surface area contributed by atoms with Crippen LogP contribution in [0, 0.1) is 0 Å². The summed E-state index contributed by atoms with van der Waals surface area (Å²) in [5.74, 6) is -0.0290. The van der Waals surface area contributed by atoms with Gasteiger partial charge in [-0.05, 0) is 83.5 Å². The molecule has 0 saturated heterocycles. The molecule has 0 bridgehead atoms. The van der Waals surface area contributed by atoms with Crippen LogP contribution in [0.2, 0.25) is 0 Å². The number of rotatable bonds is 62. The molecule has 0 radical (unpaired) electrons. The van der Waals surface area contributed by atoms with Gasteiger partial charge in [-0.25, -0.2) is 0 Å². The lowest BCUT2D eigenvalue weighted by Gasteiger charge is -2.22. The van der Waals surface area contributed by atoms with Gasteiger partial charge in [-0.15, -0.1) is 0 Å². The molecule has 0 rings (SSSR count). The van der Waals surface area contributed by atoms with E-state index in [0.29, 0.717) is 25.9 Å². The van der Waals surface area contributed by atoms with Gasteiger partial charge in [0.2, 0.25) is 5.91 Å². The number of allylic oxidation sites excluding steroid dienone is 6. The Morgan fingerprint density at radius 2 is 0.676 bits per heavy atom. The van der Waals surface area contributed by atoms with Crippen molar-refractivity contribution in [1.82, 2.24) is 5.32 Å². The summed E-state index contributed by atoms with van der Waals surface area (Å²) >= 11 is 0. The molecule has 0 aromatic heterocycles. The minimum absolute atomic E-state index is 0.00535. The van der Waals surface area contributed by atoms with Crippen molar-refractivity contribution in [3.05, 3.63) is 36.5 Å². The first kappa shape index (κ1) is 72.1. The SMILES string of the molecule is CCCCCCCC/C=C\CCCCCCCC(=O)OCCCCCCCCCCC/C=C\C/C=C\CCCCCCCCCCCCCCCCCC(=O)NC(CO)C(O)CCCCCCCCCCCCC. The van der Waals surface area contributed by atoms with Crippen LogP contribution >= 0.6 is 0 Å². The Balaban J connectivity index is 3.37. The van der Waals surface area contributed by atoms with Gasteiger partial charge in [0.25, 0.3) is 0 Å². The molecule has 0 aromatic rings. The Labute approximate surface area is 462 Å². The normalized spacial score (nSPS) is 12.8. The summed E-state index contributed by atoms with van der Waals surface area (Å²) in [6.07, 6.45) is 80.4. The fraction of sp³-hybridized carbons (Fsp3) is 0.882. The summed E-state index contributed by atoms with van der Waals surface area (Å²) < 4.78 is 5.48. The number of hydrogen-bond acceptors (Lipinski definition) is 5. The van der Waals surface area contributed by atoms with Gasteiger partial charge >= 0.3 is 5.97 Å². The first-order valence-corrected chi connectivity index (χ1v) is 33.2. The van der Waals surface area contributed by atoms with E-state index in [2.05, 4.69) is 55.6 Å². The maximum Gasteiger partial charge on any atom is 0.305 e. The lowest BCUT2D eigenvalue weighted by molar-refractivity contribution is -0.143. The minimum Gasteiger partial charge on any atom is -0.466 e. The third-order valence-corrected chi connectivity index (χ3v) is 15.4. The first-order chi connectivity index (χ1) is 36.5. The summed E-state index contributed by atoms with van der Waals surface area (Å²) in [5, 5.41) is 23.2. The number of nitrogens with one attached hydrogen (secondary N) is 1. The Morgan fingerprint density at radius 1 is 0.378 bits per heavy atom. The molecule has 0 aromatic carbocycles. The summed E-state index contributed by atoms with van der Waals surface area (Å²) in [6.45, 7) is 4.95. The number of aliphatic hydroxyl groups excluding tert-OH is 2. The number of carbonyl (C=O) groups is 2. The molecule has 6 nitrogen and oxygen atoms in total. The molecule has 0 spiro atoms. The first-order valence-electron chi connectivity index (χ1n) is 33.2. The highest BCUT2D eigenvalue weighted by Gasteiger charge is 2.20. The molecule has 2 atom stereocenters. The number of hydrogen-bond donors (Lipinski definition) is 3. The number of aliphatic hydroxyl groups is 2. The van der Waals surface area contributed by atoms with E-state index >= 15 is 0 Å². The maximum atomic E-state index is 12.5. The van der Waals surface area contributed by atoms with Gasteiger partial charge in [-0.2, -0.15) is 0 Å². The van der Waals surface area contributed by atoms with E-state index < -0.39 is 12.1 Å². The van der Waals surface area contributed by atoms with Crippen molar-refractivity contribution in [3.63, 3.8) is 0 Å². The van der Waals surface area contributed by atoms with E-state index in [1.54, 1.807) is 0 Å². The van der Waals surface area contributed by atoms with Crippen molar-refractivity contribution in [2.75, 3.05) is 13.2 Å². The summed E-state index contributed by atoms with van der Waals surface area (Å²) in [4.78, 5) is 24.5. The van der Waals surface area contributed by atoms with Gasteiger partial charge in [0.15, 0.2) is 0 Å². The maximum absolute atomic E-state index is 12.5. The third-order valence-electron chi connectivity index (χ3n) is 15.4. The smallest absolute Gasteiger partial charge is 0.305 e. The molecule has 6 heteroatoms. The number of ether oxygens (including phenoxy) is 1. The molecule has 0 heterocycles. The summed E-state index contributed by atoms with van der Waals surface area (Å²) in [6, 6.07) is -0.540. The zero-order valence-electron chi connectivity index (χ0n) is 49.8. The summed E-state index contributed by atoms with van der Waals surface area (Å²) in [7, 11) is 0. The second kappa shape index (κ2) is 63.6. The van der Waals surface area contributed by atoms with Gasteiger partial charge in [0.1, 0.15) is 0 Å². The zero-order chi connectivity index (χ0) is 53.6. The van der Waals surface area contributed by atoms with Gasteiger partial charge in [-0.1, -0.05) is 301 Å². The van der Waals surface area contributed by atoms with Crippen molar-refractivity contribution in [2.45, 2.75) is 373 Å². The van der Waals surface area contributed by atoms with E-state index in [1.165, 1.54) is 276 Å². The Bertz CT molecular complexity index is 1200. The average molecular weight is 1040 g/mol. The van der Waals surface area contributed by atoms with Gasteiger partial charge < -0.3 is 20.3 Å². The van der Waals surface area contributed by atoms with Crippen LogP contribution in [0.15, 0.2) is 36.5 Å². The van der Waals surface area contributed by atoms with Crippen LogP contribution in [-0.4, -0.2) is 47.4 Å². The Kier molecular flexibility index (Phi) is 62.0. The molecular formula is C68H129NO5. The molecule has 0 aliphatic rings. The second-order valence-electron chi connectivity index (χ2n) is 22.8. The van der Waals surface area contributed by atoms with E-state index in [0.717, 1.165) is 51.4 Å². The Morgan fingerprint density at radius 3 is 1.04 bits per heavy atom. The molecule has 436 valence electrons. The topological polar surface area (TPSA) is 95.9 Å². The van der Waals surface area contributed by atoms with Crippen molar-refractivity contribution < 1.29 is 24.5 Å². The van der Waals surface area contributed by atoms with E-state index in [-0.39, 0.29) is 18.5 Å². The average Bonchev–Trinajstić information content (AvgIpc) is 3.40. The quantitative estimate of drug-likeness (QED) is 0.0320. The summed E-state index contributed by atoms with van der Waals surface area (Å²) in [5.41, 5.74) is 0. The highest BCUT2D eigenvalue weighted by molar-refractivity contribution is 5.76. The lowest BCUT2D eigenvalue weighted by atomic mass is 10.0. The molecule has 2 unspecified atom stereocenters. The predicted molar refractivity (Wildman–Crippen MR) is 324 cm³/mol. The number of carbonyl (C=O) groups excluding carboxylic acids is 2. The van der Waals surface area contributed by atoms with Crippen LogP contribution < -0.4 is 5.32 Å². The highest BCUT2D eigenvalue weighted by Crippen LogP contribution is 2.18. The van der Waals surface area contributed by atoms with Crippen LogP contribution in [0.5, 0.6) is 0 Å². The van der Waals surface area contributed by atoms with Crippen LogP contribution in [0.25, 0.3) is 0 Å². The third kappa shape index (κ3) is 59.3. The van der Waals surface area contributed by atoms with Crippen LogP contribution in [0.1, 0.15) is 361 Å². The van der Waals surface area contributed by atoms with Crippen molar-refractivity contribution >= 4 is 11.9 Å². The van der Waals surface area contributed by atoms with Crippen LogP contribution in [0.3, 0.4) is 0 Å². The molecule has 0 aliphatic carbocycles. The fourth-order valence-electron chi connectivity index (χ4n) is 10.3. The fourth-order valence-corrected chi connectivity index (χ4v) is 10.3. The number of esters is 1. The van der Waals surface area contributed by atoms with Crippen molar-refractivity contribution in [2.24, 2.45) is 0 Å². The number of amides is 1. The molecule has 1 amide bonds.